The zero-order chi connectivity index (χ0) is 14.1. The van der Waals surface area contributed by atoms with Crippen LogP contribution in [-0.4, -0.2) is 10.7 Å². The van der Waals surface area contributed by atoms with Gasteiger partial charge in [-0.15, -0.1) is 0 Å². The molecule has 2 nitrogen and oxygen atoms in total. The van der Waals surface area contributed by atoms with Crippen LogP contribution >= 0.6 is 0 Å². The van der Waals surface area contributed by atoms with Gasteiger partial charge in [0.15, 0.2) is 6.29 Å². The van der Waals surface area contributed by atoms with E-state index in [9.17, 15) is 4.79 Å². The molecule has 0 fully saturated rings. The molecule has 20 heavy (non-hydrogen) atoms. The first kappa shape index (κ1) is 12.7. The molecule has 2 heterocycles. The lowest BCUT2D eigenvalue weighted by Crippen LogP contribution is -1.94. The quantitative estimate of drug-likeness (QED) is 0.646. The fraction of sp³-hybridized carbons (Fsp3) is 0.167. The van der Waals surface area contributed by atoms with Gasteiger partial charge in [0.25, 0.3) is 0 Å². The Morgan fingerprint density at radius 1 is 1.10 bits per heavy atom. The van der Waals surface area contributed by atoms with E-state index in [4.69, 9.17) is 0 Å². The average molecular weight is 263 g/mol. The molecule has 0 unspecified atom stereocenters. The number of aldehydes is 1. The summed E-state index contributed by atoms with van der Waals surface area (Å²) in [5.74, 6) is 0. The summed E-state index contributed by atoms with van der Waals surface area (Å²) in [5.41, 5.74) is 6.30. The Kier molecular flexibility index (Phi) is 3.15. The summed E-state index contributed by atoms with van der Waals surface area (Å²) in [5, 5.41) is 0. The number of pyridine rings is 1. The topological polar surface area (TPSA) is 21.5 Å². The standard InChI is InChI=1S/C18H17NO/c1-3-14-6-9-16-10-17(18(12-20)19(16)11-14)15-7-4-13(2)5-8-15/h4-12H,3H2,1-2H3. The lowest BCUT2D eigenvalue weighted by molar-refractivity contribution is 0.111. The smallest absolute Gasteiger partial charge is 0.167 e. The van der Waals surface area contributed by atoms with E-state index in [-0.39, 0.29) is 0 Å². The summed E-state index contributed by atoms with van der Waals surface area (Å²) >= 11 is 0. The highest BCUT2D eigenvalue weighted by Crippen LogP contribution is 2.27. The van der Waals surface area contributed by atoms with Crippen LogP contribution in [0.15, 0.2) is 48.7 Å². The van der Waals surface area contributed by atoms with E-state index < -0.39 is 0 Å². The first-order valence-electron chi connectivity index (χ1n) is 6.89. The Morgan fingerprint density at radius 2 is 1.85 bits per heavy atom. The van der Waals surface area contributed by atoms with Gasteiger partial charge in [-0.05, 0) is 36.6 Å². The minimum Gasteiger partial charge on any atom is -0.313 e. The molecule has 0 aliphatic carbocycles. The maximum atomic E-state index is 11.5. The van der Waals surface area contributed by atoms with Crippen molar-refractivity contribution in [3.8, 4) is 11.1 Å². The number of rotatable bonds is 3. The molecule has 2 heteroatoms. The monoisotopic (exact) mass is 263 g/mol. The van der Waals surface area contributed by atoms with E-state index in [2.05, 4.69) is 62.5 Å². The first-order valence-corrected chi connectivity index (χ1v) is 6.89. The largest absolute Gasteiger partial charge is 0.313 e. The van der Waals surface area contributed by atoms with Crippen molar-refractivity contribution < 1.29 is 4.79 Å². The zero-order valence-electron chi connectivity index (χ0n) is 11.8. The Labute approximate surface area is 118 Å². The van der Waals surface area contributed by atoms with Gasteiger partial charge in [0.1, 0.15) is 0 Å². The van der Waals surface area contributed by atoms with Crippen LogP contribution in [-0.2, 0) is 6.42 Å². The van der Waals surface area contributed by atoms with Gasteiger partial charge < -0.3 is 4.40 Å². The third kappa shape index (κ3) is 2.03. The van der Waals surface area contributed by atoms with Crippen LogP contribution in [0.4, 0.5) is 0 Å². The van der Waals surface area contributed by atoms with Gasteiger partial charge in [-0.1, -0.05) is 42.8 Å². The predicted octanol–water partition coefficient (Wildman–Crippen LogP) is 4.29. The van der Waals surface area contributed by atoms with E-state index in [0.717, 1.165) is 35.0 Å². The normalized spacial score (nSPS) is 10.9. The van der Waals surface area contributed by atoms with E-state index in [1.54, 1.807) is 0 Å². The molecule has 0 aliphatic rings. The molecule has 3 aromatic rings. The van der Waals surface area contributed by atoms with E-state index in [0.29, 0.717) is 0 Å². The Hall–Kier alpha value is -2.35. The molecule has 3 rings (SSSR count). The molecule has 0 atom stereocenters. The molecular formula is C18H17NO. The van der Waals surface area contributed by atoms with Crippen molar-refractivity contribution in [3.63, 3.8) is 0 Å². The molecule has 0 amide bonds. The third-order valence-corrected chi connectivity index (χ3v) is 3.75. The minimum atomic E-state index is 0.721. The van der Waals surface area contributed by atoms with Crippen LogP contribution in [0.2, 0.25) is 0 Å². The Morgan fingerprint density at radius 3 is 2.50 bits per heavy atom. The summed E-state index contributed by atoms with van der Waals surface area (Å²) in [6, 6.07) is 14.5. The highest BCUT2D eigenvalue weighted by molar-refractivity contribution is 5.89. The van der Waals surface area contributed by atoms with Crippen molar-refractivity contribution in [2.24, 2.45) is 0 Å². The molecule has 0 spiro atoms. The van der Waals surface area contributed by atoms with Crippen LogP contribution in [0.5, 0.6) is 0 Å². The second kappa shape index (κ2) is 4.97. The first-order chi connectivity index (χ1) is 9.72. The van der Waals surface area contributed by atoms with Gasteiger partial charge in [0.05, 0.1) is 5.69 Å². The maximum Gasteiger partial charge on any atom is 0.167 e. The van der Waals surface area contributed by atoms with Crippen molar-refractivity contribution in [1.82, 2.24) is 4.40 Å². The molecule has 100 valence electrons. The molecule has 2 aromatic heterocycles. The summed E-state index contributed by atoms with van der Waals surface area (Å²) in [4.78, 5) is 11.5. The molecule has 1 aromatic carbocycles. The van der Waals surface area contributed by atoms with Crippen molar-refractivity contribution in [2.75, 3.05) is 0 Å². The van der Waals surface area contributed by atoms with Gasteiger partial charge in [0.2, 0.25) is 0 Å². The number of hydrogen-bond donors (Lipinski definition) is 0. The fourth-order valence-corrected chi connectivity index (χ4v) is 2.53. The summed E-state index contributed by atoms with van der Waals surface area (Å²) < 4.78 is 1.99. The number of carbonyl (C=O) groups is 1. The van der Waals surface area contributed by atoms with Gasteiger partial charge in [-0.2, -0.15) is 0 Å². The van der Waals surface area contributed by atoms with Gasteiger partial charge in [-0.25, -0.2) is 0 Å². The number of nitrogens with zero attached hydrogens (tertiary/aromatic N) is 1. The van der Waals surface area contributed by atoms with Crippen LogP contribution in [0.25, 0.3) is 16.6 Å². The van der Waals surface area contributed by atoms with E-state index >= 15 is 0 Å². The van der Waals surface area contributed by atoms with Crippen molar-refractivity contribution in [3.05, 3.63) is 65.5 Å². The van der Waals surface area contributed by atoms with E-state index in [1.165, 1.54) is 11.1 Å². The van der Waals surface area contributed by atoms with Crippen molar-refractivity contribution in [2.45, 2.75) is 20.3 Å². The SMILES string of the molecule is CCc1ccc2cc(-c3ccc(C)cc3)c(C=O)n2c1. The highest BCUT2D eigenvalue weighted by atomic mass is 16.1. The molecule has 0 aliphatic heterocycles. The van der Waals surface area contributed by atoms with Gasteiger partial charge in [-0.3, -0.25) is 4.79 Å². The molecule has 0 radical (unpaired) electrons. The van der Waals surface area contributed by atoms with Crippen LogP contribution in [0, 0.1) is 6.92 Å². The number of aromatic nitrogens is 1. The maximum absolute atomic E-state index is 11.5. The molecule has 0 bridgehead atoms. The van der Waals surface area contributed by atoms with Crippen molar-refractivity contribution in [1.29, 1.82) is 0 Å². The third-order valence-electron chi connectivity index (χ3n) is 3.75. The van der Waals surface area contributed by atoms with Gasteiger partial charge >= 0.3 is 0 Å². The number of hydrogen-bond acceptors (Lipinski definition) is 1. The number of benzene rings is 1. The van der Waals surface area contributed by atoms with E-state index in [1.807, 2.05) is 4.40 Å². The molecule has 0 saturated heterocycles. The number of carbonyl (C=O) groups excluding carboxylic acids is 1. The lowest BCUT2D eigenvalue weighted by atomic mass is 10.0. The van der Waals surface area contributed by atoms with Crippen LogP contribution < -0.4 is 0 Å². The van der Waals surface area contributed by atoms with Gasteiger partial charge in [0, 0.05) is 17.3 Å². The summed E-state index contributed by atoms with van der Waals surface area (Å²) in [6.07, 6.45) is 3.96. The predicted molar refractivity (Wildman–Crippen MR) is 82.3 cm³/mol. The zero-order valence-corrected chi connectivity index (χ0v) is 11.8. The fourth-order valence-electron chi connectivity index (χ4n) is 2.53. The Balaban J connectivity index is 2.25. The lowest BCUT2D eigenvalue weighted by Gasteiger charge is -2.03. The van der Waals surface area contributed by atoms with Crippen molar-refractivity contribution >= 4 is 11.8 Å². The van der Waals surface area contributed by atoms with Crippen LogP contribution in [0.3, 0.4) is 0 Å². The number of aryl methyl sites for hydroxylation is 2. The second-order valence-electron chi connectivity index (χ2n) is 5.11. The molecule has 0 saturated carbocycles. The number of fused-ring (bicyclic) bond motifs is 1. The summed E-state index contributed by atoms with van der Waals surface area (Å²) in [6.45, 7) is 4.18. The highest BCUT2D eigenvalue weighted by Gasteiger charge is 2.11. The molecular weight excluding hydrogens is 246 g/mol. The molecule has 0 N–H and O–H groups in total. The average Bonchev–Trinajstić information content (AvgIpc) is 2.85. The minimum absolute atomic E-state index is 0.721. The second-order valence-corrected chi connectivity index (χ2v) is 5.11. The Bertz CT molecular complexity index is 766. The van der Waals surface area contributed by atoms with Crippen LogP contribution in [0.1, 0.15) is 28.5 Å². The summed E-state index contributed by atoms with van der Waals surface area (Å²) in [7, 11) is 0.